The van der Waals surface area contributed by atoms with Gasteiger partial charge < -0.3 is 15.5 Å². The van der Waals surface area contributed by atoms with E-state index >= 15 is 0 Å². The van der Waals surface area contributed by atoms with E-state index in [0.717, 1.165) is 11.8 Å². The second-order valence-corrected chi connectivity index (χ2v) is 5.80. The van der Waals surface area contributed by atoms with E-state index in [-0.39, 0.29) is 18.6 Å². The van der Waals surface area contributed by atoms with Crippen LogP contribution in [0.3, 0.4) is 0 Å². The maximum atomic E-state index is 9.07. The molecule has 0 aromatic rings. The van der Waals surface area contributed by atoms with E-state index < -0.39 is 0 Å². The molecule has 0 saturated carbocycles. The number of aliphatic hydroxyl groups is 2. The summed E-state index contributed by atoms with van der Waals surface area (Å²) in [5.41, 5.74) is -0.372. The molecule has 84 valence electrons. The highest BCUT2D eigenvalue weighted by Gasteiger charge is 2.23. The maximum absolute atomic E-state index is 9.07. The molecule has 0 spiro atoms. The highest BCUT2D eigenvalue weighted by atomic mass is 32.2. The predicted octanol–water partition coefficient (Wildman–Crippen LogP) is 0.462. The SMILES string of the molecule is CC(CO)(CO)CNCC1CCCS1. The molecular weight excluding hydrogens is 198 g/mol. The fourth-order valence-electron chi connectivity index (χ4n) is 1.50. The first-order valence-electron chi connectivity index (χ1n) is 5.24. The van der Waals surface area contributed by atoms with Gasteiger partial charge in [-0.3, -0.25) is 0 Å². The first-order chi connectivity index (χ1) is 6.70. The van der Waals surface area contributed by atoms with E-state index in [1.807, 2.05) is 18.7 Å². The highest BCUT2D eigenvalue weighted by molar-refractivity contribution is 8.00. The summed E-state index contributed by atoms with van der Waals surface area (Å²) >= 11 is 2.02. The van der Waals surface area contributed by atoms with Gasteiger partial charge in [-0.15, -0.1) is 0 Å². The Kier molecular flexibility index (Phi) is 5.23. The number of thioether (sulfide) groups is 1. The van der Waals surface area contributed by atoms with Gasteiger partial charge in [-0.1, -0.05) is 6.92 Å². The van der Waals surface area contributed by atoms with E-state index in [1.54, 1.807) is 0 Å². The molecule has 1 aliphatic heterocycles. The third-order valence-corrected chi connectivity index (χ3v) is 4.11. The number of hydrogen-bond acceptors (Lipinski definition) is 4. The molecule has 1 saturated heterocycles. The van der Waals surface area contributed by atoms with Crippen LogP contribution in [0.1, 0.15) is 19.8 Å². The molecule has 0 bridgehead atoms. The molecule has 4 heteroatoms. The monoisotopic (exact) mass is 219 g/mol. The van der Waals surface area contributed by atoms with Crippen LogP contribution in [-0.2, 0) is 0 Å². The molecule has 0 aromatic heterocycles. The molecule has 3 N–H and O–H groups in total. The lowest BCUT2D eigenvalue weighted by Crippen LogP contribution is -2.39. The number of rotatable bonds is 6. The minimum atomic E-state index is -0.372. The Labute approximate surface area is 90.3 Å². The molecule has 0 aliphatic carbocycles. The van der Waals surface area contributed by atoms with E-state index in [1.165, 1.54) is 18.6 Å². The maximum Gasteiger partial charge on any atom is 0.0518 e. The summed E-state index contributed by atoms with van der Waals surface area (Å²) in [6.07, 6.45) is 2.63. The minimum absolute atomic E-state index is 0.0360. The molecule has 1 rings (SSSR count). The molecule has 1 fully saturated rings. The lowest BCUT2D eigenvalue weighted by molar-refractivity contribution is 0.0700. The van der Waals surface area contributed by atoms with Crippen molar-refractivity contribution in [2.24, 2.45) is 5.41 Å². The Bertz CT molecular complexity index is 156. The summed E-state index contributed by atoms with van der Waals surface area (Å²) < 4.78 is 0. The summed E-state index contributed by atoms with van der Waals surface area (Å²) in [7, 11) is 0. The third kappa shape index (κ3) is 3.77. The van der Waals surface area contributed by atoms with Gasteiger partial charge in [0.25, 0.3) is 0 Å². The predicted molar refractivity (Wildman–Crippen MR) is 60.6 cm³/mol. The Balaban J connectivity index is 2.12. The lowest BCUT2D eigenvalue weighted by Gasteiger charge is -2.25. The van der Waals surface area contributed by atoms with Gasteiger partial charge in [0.15, 0.2) is 0 Å². The molecule has 1 atom stereocenters. The Morgan fingerprint density at radius 1 is 1.43 bits per heavy atom. The second kappa shape index (κ2) is 5.95. The third-order valence-electron chi connectivity index (χ3n) is 2.71. The van der Waals surface area contributed by atoms with Crippen molar-refractivity contribution in [2.75, 3.05) is 32.1 Å². The summed E-state index contributed by atoms with van der Waals surface area (Å²) in [6.45, 7) is 3.65. The van der Waals surface area contributed by atoms with Crippen molar-refractivity contribution in [2.45, 2.75) is 25.0 Å². The zero-order chi connectivity index (χ0) is 10.4. The fourth-order valence-corrected chi connectivity index (χ4v) is 2.74. The normalized spacial score (nSPS) is 22.9. The van der Waals surface area contributed by atoms with Gasteiger partial charge in [-0.05, 0) is 18.6 Å². The standard InChI is InChI=1S/C10H21NO2S/c1-10(7-12,8-13)6-11-5-9-3-2-4-14-9/h9,11-13H,2-8H2,1H3. The van der Waals surface area contributed by atoms with E-state index in [9.17, 15) is 0 Å². The van der Waals surface area contributed by atoms with Gasteiger partial charge in [0.05, 0.1) is 13.2 Å². The van der Waals surface area contributed by atoms with E-state index in [0.29, 0.717) is 6.54 Å². The van der Waals surface area contributed by atoms with E-state index in [2.05, 4.69) is 5.32 Å². The van der Waals surface area contributed by atoms with Crippen molar-refractivity contribution in [1.82, 2.24) is 5.32 Å². The molecule has 1 aliphatic rings. The number of nitrogens with one attached hydrogen (secondary N) is 1. The fraction of sp³-hybridized carbons (Fsp3) is 1.00. The topological polar surface area (TPSA) is 52.5 Å². The van der Waals surface area contributed by atoms with Crippen LogP contribution in [0.15, 0.2) is 0 Å². The Hall–Kier alpha value is 0.230. The molecular formula is C10H21NO2S. The number of hydrogen-bond donors (Lipinski definition) is 3. The van der Waals surface area contributed by atoms with Gasteiger partial charge in [-0.25, -0.2) is 0 Å². The molecule has 1 heterocycles. The zero-order valence-corrected chi connectivity index (χ0v) is 9.65. The van der Waals surface area contributed by atoms with Crippen LogP contribution in [0.5, 0.6) is 0 Å². The van der Waals surface area contributed by atoms with Crippen LogP contribution in [0.2, 0.25) is 0 Å². The van der Waals surface area contributed by atoms with E-state index in [4.69, 9.17) is 10.2 Å². The lowest BCUT2D eigenvalue weighted by atomic mass is 9.93. The zero-order valence-electron chi connectivity index (χ0n) is 8.83. The van der Waals surface area contributed by atoms with Crippen LogP contribution >= 0.6 is 11.8 Å². The largest absolute Gasteiger partial charge is 0.396 e. The van der Waals surface area contributed by atoms with Crippen molar-refractivity contribution in [1.29, 1.82) is 0 Å². The van der Waals surface area contributed by atoms with Crippen molar-refractivity contribution in [3.63, 3.8) is 0 Å². The average molecular weight is 219 g/mol. The molecule has 0 radical (unpaired) electrons. The van der Waals surface area contributed by atoms with Crippen LogP contribution in [0.25, 0.3) is 0 Å². The molecule has 0 amide bonds. The number of aliphatic hydroxyl groups excluding tert-OH is 2. The first-order valence-corrected chi connectivity index (χ1v) is 6.29. The summed E-state index contributed by atoms with van der Waals surface area (Å²) in [5, 5.41) is 22.2. The molecule has 3 nitrogen and oxygen atoms in total. The van der Waals surface area contributed by atoms with Gasteiger partial charge >= 0.3 is 0 Å². The minimum Gasteiger partial charge on any atom is -0.396 e. The van der Waals surface area contributed by atoms with Crippen molar-refractivity contribution in [3.8, 4) is 0 Å². The Morgan fingerprint density at radius 2 is 2.14 bits per heavy atom. The molecule has 14 heavy (non-hydrogen) atoms. The Morgan fingerprint density at radius 3 is 2.64 bits per heavy atom. The van der Waals surface area contributed by atoms with Crippen molar-refractivity contribution >= 4 is 11.8 Å². The van der Waals surface area contributed by atoms with Crippen LogP contribution in [0, 0.1) is 5.41 Å². The van der Waals surface area contributed by atoms with Crippen LogP contribution < -0.4 is 5.32 Å². The summed E-state index contributed by atoms with van der Waals surface area (Å²) in [5.74, 6) is 1.28. The van der Waals surface area contributed by atoms with Gasteiger partial charge in [0.1, 0.15) is 0 Å². The van der Waals surface area contributed by atoms with Crippen LogP contribution in [-0.4, -0.2) is 47.5 Å². The summed E-state index contributed by atoms with van der Waals surface area (Å²) in [4.78, 5) is 0. The first kappa shape index (κ1) is 12.3. The molecule has 0 aromatic carbocycles. The van der Waals surface area contributed by atoms with Gasteiger partial charge in [0.2, 0.25) is 0 Å². The molecule has 1 unspecified atom stereocenters. The summed E-state index contributed by atoms with van der Waals surface area (Å²) in [6, 6.07) is 0. The smallest absolute Gasteiger partial charge is 0.0518 e. The van der Waals surface area contributed by atoms with Gasteiger partial charge in [-0.2, -0.15) is 11.8 Å². The second-order valence-electron chi connectivity index (χ2n) is 4.39. The highest BCUT2D eigenvalue weighted by Crippen LogP contribution is 2.25. The average Bonchev–Trinajstić information content (AvgIpc) is 2.70. The van der Waals surface area contributed by atoms with Gasteiger partial charge in [0, 0.05) is 23.8 Å². The van der Waals surface area contributed by atoms with Crippen molar-refractivity contribution < 1.29 is 10.2 Å². The van der Waals surface area contributed by atoms with Crippen LogP contribution in [0.4, 0.5) is 0 Å². The quantitative estimate of drug-likeness (QED) is 0.607. The van der Waals surface area contributed by atoms with Crippen molar-refractivity contribution in [3.05, 3.63) is 0 Å².